The topological polar surface area (TPSA) is 66.9 Å². The van der Waals surface area contributed by atoms with Crippen molar-refractivity contribution in [3.05, 3.63) is 76.7 Å². The zero-order valence-electron chi connectivity index (χ0n) is 14.5. The molecule has 0 aliphatic rings. The number of alkyl halides is 3. The molecule has 2 N–H and O–H groups in total. The van der Waals surface area contributed by atoms with E-state index in [2.05, 4.69) is 20.6 Å². The zero-order valence-corrected chi connectivity index (χ0v) is 15.3. The Hall–Kier alpha value is -3.13. The van der Waals surface area contributed by atoms with E-state index in [0.29, 0.717) is 16.4 Å². The fourth-order valence-corrected chi connectivity index (χ4v) is 2.56. The van der Waals surface area contributed by atoms with Gasteiger partial charge in [0.1, 0.15) is 11.5 Å². The van der Waals surface area contributed by atoms with Crippen LogP contribution < -0.4 is 10.6 Å². The summed E-state index contributed by atoms with van der Waals surface area (Å²) in [6.07, 6.45) is -1.70. The first-order valence-corrected chi connectivity index (χ1v) is 8.44. The maximum absolute atomic E-state index is 13.1. The number of benzene rings is 1. The Kier molecular flexibility index (Phi) is 5.51. The number of halogens is 4. The average Bonchev–Trinajstić information content (AvgIpc) is 2.64. The van der Waals surface area contributed by atoms with E-state index in [-0.39, 0.29) is 11.4 Å². The van der Waals surface area contributed by atoms with Gasteiger partial charge in [-0.05, 0) is 48.9 Å². The lowest BCUT2D eigenvalue weighted by atomic mass is 10.1. The van der Waals surface area contributed by atoms with Crippen molar-refractivity contribution in [3.8, 4) is 0 Å². The van der Waals surface area contributed by atoms with Gasteiger partial charge in [0.2, 0.25) is 0 Å². The van der Waals surface area contributed by atoms with Crippen molar-refractivity contribution in [1.29, 1.82) is 0 Å². The van der Waals surface area contributed by atoms with Gasteiger partial charge in [-0.25, -0.2) is 4.98 Å². The van der Waals surface area contributed by atoms with E-state index in [4.69, 9.17) is 11.6 Å². The first-order chi connectivity index (χ1) is 13.2. The second-order valence-electron chi connectivity index (χ2n) is 5.87. The number of aromatic nitrogens is 2. The summed E-state index contributed by atoms with van der Waals surface area (Å²) >= 11 is 5.97. The molecule has 0 unspecified atom stereocenters. The molecule has 0 bridgehead atoms. The number of pyridine rings is 2. The molecule has 9 heteroatoms. The molecule has 3 rings (SSSR count). The van der Waals surface area contributed by atoms with Crippen molar-refractivity contribution in [2.45, 2.75) is 13.1 Å². The van der Waals surface area contributed by atoms with Crippen LogP contribution in [0.4, 0.5) is 30.4 Å². The standard InChI is InChI=1S/C19H14ClF3N4O/c1-11-4-5-12(20)9-15(11)26-17-14(6-7-16(27-17)19(21,22)23)18(28)25-13-3-2-8-24-10-13/h2-10H,1H3,(H,25,28)(H,26,27). The monoisotopic (exact) mass is 406 g/mol. The molecule has 2 heterocycles. The van der Waals surface area contributed by atoms with Crippen LogP contribution in [0.5, 0.6) is 0 Å². The highest BCUT2D eigenvalue weighted by molar-refractivity contribution is 6.30. The lowest BCUT2D eigenvalue weighted by Gasteiger charge is -2.15. The lowest BCUT2D eigenvalue weighted by Crippen LogP contribution is -2.17. The number of amides is 1. The van der Waals surface area contributed by atoms with E-state index >= 15 is 0 Å². The van der Waals surface area contributed by atoms with Gasteiger partial charge in [0, 0.05) is 16.9 Å². The molecular formula is C19H14ClF3N4O. The number of aryl methyl sites for hydroxylation is 1. The van der Waals surface area contributed by atoms with Crippen LogP contribution in [0.2, 0.25) is 5.02 Å². The summed E-state index contributed by atoms with van der Waals surface area (Å²) in [6.45, 7) is 1.75. The van der Waals surface area contributed by atoms with Gasteiger partial charge in [-0.1, -0.05) is 17.7 Å². The summed E-state index contributed by atoms with van der Waals surface area (Å²) in [5, 5.41) is 5.76. The van der Waals surface area contributed by atoms with Crippen LogP contribution in [0.25, 0.3) is 0 Å². The number of carbonyl (C=O) groups is 1. The second kappa shape index (κ2) is 7.85. The van der Waals surface area contributed by atoms with Crippen molar-refractivity contribution in [3.63, 3.8) is 0 Å². The Morgan fingerprint density at radius 3 is 2.61 bits per heavy atom. The van der Waals surface area contributed by atoms with Gasteiger partial charge in [0.15, 0.2) is 0 Å². The first-order valence-electron chi connectivity index (χ1n) is 8.07. The first kappa shape index (κ1) is 19.6. The molecule has 28 heavy (non-hydrogen) atoms. The molecule has 1 aromatic carbocycles. The van der Waals surface area contributed by atoms with Gasteiger partial charge in [0.25, 0.3) is 5.91 Å². The van der Waals surface area contributed by atoms with Crippen LogP contribution in [0.15, 0.2) is 54.9 Å². The molecule has 0 aliphatic carbocycles. The molecule has 0 spiro atoms. The highest BCUT2D eigenvalue weighted by Gasteiger charge is 2.33. The molecule has 144 valence electrons. The van der Waals surface area contributed by atoms with Crippen molar-refractivity contribution < 1.29 is 18.0 Å². The Bertz CT molecular complexity index is 1010. The molecule has 0 saturated heterocycles. The van der Waals surface area contributed by atoms with Crippen LogP contribution in [0.1, 0.15) is 21.6 Å². The number of carbonyl (C=O) groups excluding carboxylic acids is 1. The minimum atomic E-state index is -4.65. The molecule has 1 amide bonds. The van der Waals surface area contributed by atoms with E-state index in [1.165, 1.54) is 12.4 Å². The van der Waals surface area contributed by atoms with Gasteiger partial charge >= 0.3 is 6.18 Å². The Morgan fingerprint density at radius 2 is 1.93 bits per heavy atom. The zero-order chi connectivity index (χ0) is 20.3. The quantitative estimate of drug-likeness (QED) is 0.604. The van der Waals surface area contributed by atoms with Crippen LogP contribution in [-0.4, -0.2) is 15.9 Å². The Morgan fingerprint density at radius 1 is 1.14 bits per heavy atom. The molecule has 0 fully saturated rings. The predicted molar refractivity (Wildman–Crippen MR) is 101 cm³/mol. The minimum Gasteiger partial charge on any atom is -0.339 e. The third-order valence-corrected chi connectivity index (χ3v) is 4.04. The summed E-state index contributed by atoms with van der Waals surface area (Å²) in [6, 6.07) is 9.95. The van der Waals surface area contributed by atoms with Crippen LogP contribution in [0.3, 0.4) is 0 Å². The number of nitrogens with zero attached hydrogens (tertiary/aromatic N) is 2. The largest absolute Gasteiger partial charge is 0.433 e. The molecule has 3 aromatic rings. The average molecular weight is 407 g/mol. The minimum absolute atomic E-state index is 0.0590. The van der Waals surface area contributed by atoms with Crippen molar-refractivity contribution >= 4 is 34.7 Å². The molecule has 0 atom stereocenters. The van der Waals surface area contributed by atoms with Crippen molar-refractivity contribution in [1.82, 2.24) is 9.97 Å². The summed E-state index contributed by atoms with van der Waals surface area (Å²) in [7, 11) is 0. The third-order valence-electron chi connectivity index (χ3n) is 3.80. The second-order valence-corrected chi connectivity index (χ2v) is 6.31. The third kappa shape index (κ3) is 4.58. The normalized spacial score (nSPS) is 11.2. The van der Waals surface area contributed by atoms with Crippen LogP contribution >= 0.6 is 11.6 Å². The number of hydrogen-bond donors (Lipinski definition) is 2. The highest BCUT2D eigenvalue weighted by Crippen LogP contribution is 2.31. The molecule has 5 nitrogen and oxygen atoms in total. The highest BCUT2D eigenvalue weighted by atomic mass is 35.5. The fraction of sp³-hybridized carbons (Fsp3) is 0.105. The van der Waals surface area contributed by atoms with Gasteiger partial charge < -0.3 is 10.6 Å². The van der Waals surface area contributed by atoms with E-state index < -0.39 is 17.8 Å². The van der Waals surface area contributed by atoms with Crippen LogP contribution in [-0.2, 0) is 6.18 Å². The molecule has 0 aliphatic heterocycles. The Labute approximate surface area is 163 Å². The maximum atomic E-state index is 13.1. The van der Waals surface area contributed by atoms with E-state index in [1.807, 2.05) is 0 Å². The fourth-order valence-electron chi connectivity index (χ4n) is 2.39. The summed E-state index contributed by atoms with van der Waals surface area (Å²) in [5.74, 6) is -0.863. The number of rotatable bonds is 4. The van der Waals surface area contributed by atoms with Crippen LogP contribution in [0, 0.1) is 6.92 Å². The smallest absolute Gasteiger partial charge is 0.339 e. The maximum Gasteiger partial charge on any atom is 0.433 e. The van der Waals surface area contributed by atoms with Gasteiger partial charge in [0.05, 0.1) is 17.4 Å². The molecular weight excluding hydrogens is 393 g/mol. The molecule has 0 saturated carbocycles. The van der Waals surface area contributed by atoms with Gasteiger partial charge in [-0.3, -0.25) is 9.78 Å². The molecule has 2 aromatic heterocycles. The number of anilines is 3. The lowest BCUT2D eigenvalue weighted by molar-refractivity contribution is -0.141. The number of nitrogens with one attached hydrogen (secondary N) is 2. The summed E-state index contributed by atoms with van der Waals surface area (Å²) in [4.78, 5) is 20.1. The van der Waals surface area contributed by atoms with E-state index in [9.17, 15) is 18.0 Å². The SMILES string of the molecule is Cc1ccc(Cl)cc1Nc1nc(C(F)(F)F)ccc1C(=O)Nc1cccnc1. The summed E-state index contributed by atoms with van der Waals surface area (Å²) in [5.41, 5.74) is 0.387. The summed E-state index contributed by atoms with van der Waals surface area (Å²) < 4.78 is 39.3. The molecule has 0 radical (unpaired) electrons. The van der Waals surface area contributed by atoms with Crippen molar-refractivity contribution in [2.75, 3.05) is 10.6 Å². The van der Waals surface area contributed by atoms with Gasteiger partial charge in [-0.15, -0.1) is 0 Å². The number of hydrogen-bond acceptors (Lipinski definition) is 4. The van der Waals surface area contributed by atoms with E-state index in [0.717, 1.165) is 17.7 Å². The van der Waals surface area contributed by atoms with Gasteiger partial charge in [-0.2, -0.15) is 13.2 Å². The van der Waals surface area contributed by atoms with E-state index in [1.54, 1.807) is 37.3 Å². The predicted octanol–water partition coefficient (Wildman–Crippen LogP) is 5.45. The van der Waals surface area contributed by atoms with Crippen molar-refractivity contribution in [2.24, 2.45) is 0 Å². The Balaban J connectivity index is 2.01.